The second-order valence-corrected chi connectivity index (χ2v) is 8.22. The van der Waals surface area contributed by atoms with Gasteiger partial charge in [-0.2, -0.15) is 0 Å². The number of hydrogen-bond acceptors (Lipinski definition) is 4. The Labute approximate surface area is 188 Å². The summed E-state index contributed by atoms with van der Waals surface area (Å²) in [6.45, 7) is 6.09. The molecule has 1 fully saturated rings. The highest BCUT2D eigenvalue weighted by molar-refractivity contribution is 5.80. The standard InChI is InChI=1S/C25H31FN4O2/c1-2-32-16-6-13-27-24(31)20-11-14-29(15-12-20)25-28-22-9-3-4-10-23(22)30(25)18-19-7-5-8-21(26)17-19/h3-5,7-10,17,20H,2,6,11-16,18H2,1H3,(H,27,31). The normalized spacial score (nSPS) is 14.8. The molecule has 0 aliphatic carbocycles. The molecule has 2 aromatic carbocycles. The van der Waals surface area contributed by atoms with E-state index in [9.17, 15) is 9.18 Å². The maximum absolute atomic E-state index is 13.8. The fraction of sp³-hybridized carbons (Fsp3) is 0.440. The fourth-order valence-corrected chi connectivity index (χ4v) is 4.29. The zero-order valence-corrected chi connectivity index (χ0v) is 18.6. The van der Waals surface area contributed by atoms with Crippen molar-refractivity contribution in [1.29, 1.82) is 0 Å². The van der Waals surface area contributed by atoms with Gasteiger partial charge in [-0.25, -0.2) is 9.37 Å². The van der Waals surface area contributed by atoms with E-state index in [0.29, 0.717) is 26.3 Å². The molecule has 0 atom stereocenters. The lowest BCUT2D eigenvalue weighted by Gasteiger charge is -2.32. The molecule has 2 heterocycles. The Bertz CT molecular complexity index is 1040. The summed E-state index contributed by atoms with van der Waals surface area (Å²) in [5.74, 6) is 0.807. The van der Waals surface area contributed by atoms with Gasteiger partial charge in [-0.05, 0) is 56.0 Å². The molecule has 1 aliphatic heterocycles. The van der Waals surface area contributed by atoms with E-state index in [4.69, 9.17) is 9.72 Å². The topological polar surface area (TPSA) is 59.4 Å². The number of rotatable bonds is 9. The third-order valence-electron chi connectivity index (χ3n) is 5.98. The van der Waals surface area contributed by atoms with Gasteiger partial charge < -0.3 is 19.5 Å². The molecule has 4 rings (SSSR count). The van der Waals surface area contributed by atoms with Gasteiger partial charge in [0.15, 0.2) is 0 Å². The maximum atomic E-state index is 13.8. The minimum absolute atomic E-state index is 0.0272. The number of amides is 1. The second-order valence-electron chi connectivity index (χ2n) is 8.22. The molecule has 0 spiro atoms. The van der Waals surface area contributed by atoms with Crippen molar-refractivity contribution in [3.63, 3.8) is 0 Å². The maximum Gasteiger partial charge on any atom is 0.223 e. The van der Waals surface area contributed by atoms with Gasteiger partial charge in [0.25, 0.3) is 0 Å². The first kappa shape index (κ1) is 22.3. The zero-order chi connectivity index (χ0) is 22.3. The first-order valence-corrected chi connectivity index (χ1v) is 11.5. The van der Waals surface area contributed by atoms with Gasteiger partial charge in [0.1, 0.15) is 5.82 Å². The number of carbonyl (C=O) groups is 1. The number of piperidine rings is 1. The number of fused-ring (bicyclic) bond motifs is 1. The van der Waals surface area contributed by atoms with Gasteiger partial charge in [0, 0.05) is 38.8 Å². The van der Waals surface area contributed by atoms with Crippen molar-refractivity contribution in [3.05, 3.63) is 59.9 Å². The summed E-state index contributed by atoms with van der Waals surface area (Å²) in [6, 6.07) is 14.7. The SMILES string of the molecule is CCOCCCNC(=O)C1CCN(c2nc3ccccc3n2Cc2cccc(F)c2)CC1. The van der Waals surface area contributed by atoms with E-state index >= 15 is 0 Å². The highest BCUT2D eigenvalue weighted by atomic mass is 19.1. The number of benzene rings is 2. The molecule has 6 nitrogen and oxygen atoms in total. The number of aromatic nitrogens is 2. The summed E-state index contributed by atoms with van der Waals surface area (Å²) < 4.78 is 21.2. The molecule has 0 saturated carbocycles. The van der Waals surface area contributed by atoms with Gasteiger partial charge in [-0.3, -0.25) is 4.79 Å². The van der Waals surface area contributed by atoms with Crippen molar-refractivity contribution < 1.29 is 13.9 Å². The van der Waals surface area contributed by atoms with Crippen LogP contribution in [-0.4, -0.2) is 48.3 Å². The van der Waals surface area contributed by atoms with Crippen LogP contribution in [-0.2, 0) is 16.1 Å². The minimum atomic E-state index is -0.235. The highest BCUT2D eigenvalue weighted by Gasteiger charge is 2.27. The number of imidazole rings is 1. The average molecular weight is 439 g/mol. The van der Waals surface area contributed by atoms with Crippen LogP contribution >= 0.6 is 0 Å². The molecular weight excluding hydrogens is 407 g/mol. The zero-order valence-electron chi connectivity index (χ0n) is 18.6. The van der Waals surface area contributed by atoms with Crippen LogP contribution in [0.25, 0.3) is 11.0 Å². The number of para-hydroxylation sites is 2. The predicted octanol–water partition coefficient (Wildman–Crippen LogP) is 3.98. The van der Waals surface area contributed by atoms with Gasteiger partial charge >= 0.3 is 0 Å². The van der Waals surface area contributed by atoms with E-state index in [0.717, 1.165) is 54.9 Å². The van der Waals surface area contributed by atoms with E-state index in [1.807, 2.05) is 37.3 Å². The van der Waals surface area contributed by atoms with Crippen LogP contribution in [0.4, 0.5) is 10.3 Å². The number of hydrogen-bond donors (Lipinski definition) is 1. The second kappa shape index (κ2) is 10.6. The molecular formula is C25H31FN4O2. The number of anilines is 1. The summed E-state index contributed by atoms with van der Waals surface area (Å²) in [5, 5.41) is 3.04. The van der Waals surface area contributed by atoms with Crippen LogP contribution in [0.2, 0.25) is 0 Å². The molecule has 3 aromatic rings. The number of nitrogens with one attached hydrogen (secondary N) is 1. The lowest BCUT2D eigenvalue weighted by atomic mass is 9.96. The molecule has 1 aromatic heterocycles. The summed E-state index contributed by atoms with van der Waals surface area (Å²) in [6.07, 6.45) is 2.42. The van der Waals surface area contributed by atoms with Gasteiger partial charge in [-0.1, -0.05) is 24.3 Å². The Kier molecular flexibility index (Phi) is 7.37. The Morgan fingerprint density at radius 3 is 2.78 bits per heavy atom. The van der Waals surface area contributed by atoms with Crippen molar-refractivity contribution in [3.8, 4) is 0 Å². The van der Waals surface area contributed by atoms with Crippen LogP contribution < -0.4 is 10.2 Å². The number of halogens is 1. The van der Waals surface area contributed by atoms with E-state index in [1.165, 1.54) is 6.07 Å². The van der Waals surface area contributed by atoms with Gasteiger partial charge in [0.05, 0.1) is 17.6 Å². The fourth-order valence-electron chi connectivity index (χ4n) is 4.29. The summed E-state index contributed by atoms with van der Waals surface area (Å²) >= 11 is 0. The van der Waals surface area contributed by atoms with Crippen molar-refractivity contribution in [2.24, 2.45) is 5.92 Å². The molecule has 0 unspecified atom stereocenters. The van der Waals surface area contributed by atoms with Crippen LogP contribution in [0.1, 0.15) is 31.7 Å². The summed E-state index contributed by atoms with van der Waals surface area (Å²) in [5.41, 5.74) is 2.85. The molecule has 1 aliphatic rings. The Balaban J connectivity index is 1.43. The Hall–Kier alpha value is -2.93. The molecule has 1 N–H and O–H groups in total. The summed E-state index contributed by atoms with van der Waals surface area (Å²) in [7, 11) is 0. The Morgan fingerprint density at radius 1 is 1.19 bits per heavy atom. The lowest BCUT2D eigenvalue weighted by molar-refractivity contribution is -0.125. The van der Waals surface area contributed by atoms with E-state index < -0.39 is 0 Å². The van der Waals surface area contributed by atoms with Crippen molar-refractivity contribution in [1.82, 2.24) is 14.9 Å². The van der Waals surface area contributed by atoms with E-state index in [1.54, 1.807) is 12.1 Å². The van der Waals surface area contributed by atoms with Gasteiger partial charge in [-0.15, -0.1) is 0 Å². The molecule has 1 amide bonds. The van der Waals surface area contributed by atoms with Gasteiger partial charge in [0.2, 0.25) is 11.9 Å². The largest absolute Gasteiger partial charge is 0.382 e. The molecule has 1 saturated heterocycles. The number of ether oxygens (including phenoxy) is 1. The molecule has 170 valence electrons. The monoisotopic (exact) mass is 438 g/mol. The van der Waals surface area contributed by atoms with Crippen LogP contribution in [0.3, 0.4) is 0 Å². The number of carbonyl (C=O) groups excluding carboxylic acids is 1. The average Bonchev–Trinajstić information content (AvgIpc) is 3.17. The van der Waals surface area contributed by atoms with Crippen molar-refractivity contribution in [2.75, 3.05) is 37.7 Å². The quantitative estimate of drug-likeness (QED) is 0.514. The first-order chi connectivity index (χ1) is 15.7. The first-order valence-electron chi connectivity index (χ1n) is 11.5. The molecule has 0 bridgehead atoms. The third-order valence-corrected chi connectivity index (χ3v) is 5.98. The van der Waals surface area contributed by atoms with Crippen molar-refractivity contribution in [2.45, 2.75) is 32.7 Å². The highest BCUT2D eigenvalue weighted by Crippen LogP contribution is 2.28. The van der Waals surface area contributed by atoms with E-state index in [2.05, 4.69) is 14.8 Å². The smallest absolute Gasteiger partial charge is 0.223 e. The molecule has 32 heavy (non-hydrogen) atoms. The summed E-state index contributed by atoms with van der Waals surface area (Å²) in [4.78, 5) is 19.7. The number of nitrogens with zero attached hydrogens (tertiary/aromatic N) is 3. The van der Waals surface area contributed by atoms with Crippen molar-refractivity contribution >= 4 is 22.9 Å². The van der Waals surface area contributed by atoms with Crippen LogP contribution in [0.15, 0.2) is 48.5 Å². The van der Waals surface area contributed by atoms with Crippen LogP contribution in [0.5, 0.6) is 0 Å². The predicted molar refractivity (Wildman–Crippen MR) is 124 cm³/mol. The Morgan fingerprint density at radius 2 is 2.00 bits per heavy atom. The lowest BCUT2D eigenvalue weighted by Crippen LogP contribution is -2.41. The molecule has 7 heteroatoms. The molecule has 0 radical (unpaired) electrons. The third kappa shape index (κ3) is 5.27. The minimum Gasteiger partial charge on any atom is -0.382 e. The van der Waals surface area contributed by atoms with Crippen LogP contribution in [0, 0.1) is 11.7 Å². The van der Waals surface area contributed by atoms with E-state index in [-0.39, 0.29) is 17.6 Å².